The van der Waals surface area contributed by atoms with E-state index in [-0.39, 0.29) is 107 Å². The summed E-state index contributed by atoms with van der Waals surface area (Å²) in [5.41, 5.74) is 6.17. The zero-order chi connectivity index (χ0) is 59.5. The number of oxime groups is 2. The normalized spacial score (nSPS) is 21.0. The number of benzene rings is 3. The number of methoxy groups -OCH3 is 1. The van der Waals surface area contributed by atoms with Gasteiger partial charge in [-0.05, 0) is 120 Å². The van der Waals surface area contributed by atoms with Crippen LogP contribution in [-0.4, -0.2) is 111 Å². The van der Waals surface area contributed by atoms with E-state index in [0.29, 0.717) is 28.7 Å². The molecular formula is C58H72B2N6O15S2. The van der Waals surface area contributed by atoms with Gasteiger partial charge in [0.2, 0.25) is 0 Å². The van der Waals surface area contributed by atoms with Gasteiger partial charge in [-0.3, -0.25) is 14.9 Å². The van der Waals surface area contributed by atoms with E-state index in [1.165, 1.54) is 18.6 Å². The number of hydrogen-bond donors (Lipinski definition) is 5. The largest absolute Gasteiger partial charge is 0.535 e. The summed E-state index contributed by atoms with van der Waals surface area (Å²) in [6.07, 6.45) is 1.43. The lowest BCUT2D eigenvalue weighted by Crippen LogP contribution is -2.65. The highest BCUT2D eigenvalue weighted by Crippen LogP contribution is 2.66. The van der Waals surface area contributed by atoms with Gasteiger partial charge >= 0.3 is 32.3 Å². The molecule has 83 heavy (non-hydrogen) atoms. The second-order valence-electron chi connectivity index (χ2n) is 23.5. The Balaban J connectivity index is 0.000000306. The maximum absolute atomic E-state index is 14.6. The number of anilines is 2. The number of ketones is 2. The number of aromatic carboxylic acids is 1. The van der Waals surface area contributed by atoms with E-state index >= 15 is 0 Å². The van der Waals surface area contributed by atoms with Crippen LogP contribution >= 0.6 is 22.7 Å². The number of hydrogen-bond acceptors (Lipinski definition) is 21. The molecule has 3 aliphatic carbocycles. The van der Waals surface area contributed by atoms with Gasteiger partial charge in [0.05, 0.1) is 24.4 Å². The number of thiazole rings is 2. The first-order chi connectivity index (χ1) is 38.7. The molecule has 4 heterocycles. The quantitative estimate of drug-likeness (QED) is 0.0179. The van der Waals surface area contributed by atoms with Crippen molar-refractivity contribution >= 4 is 88.2 Å². The fraction of sp³-hybridized carbons (Fsp3) is 0.466. The van der Waals surface area contributed by atoms with Crippen LogP contribution in [-0.2, 0) is 52.7 Å². The van der Waals surface area contributed by atoms with Gasteiger partial charge in [-0.2, -0.15) is 0 Å². The van der Waals surface area contributed by atoms with Crippen molar-refractivity contribution in [3.63, 3.8) is 0 Å². The van der Waals surface area contributed by atoms with E-state index in [2.05, 4.69) is 46.4 Å². The number of carbonyl (C=O) groups excluding carboxylic acids is 4. The average molecular weight is 1180 g/mol. The van der Waals surface area contributed by atoms with E-state index < -0.39 is 66.5 Å². The van der Waals surface area contributed by atoms with Crippen molar-refractivity contribution in [3.05, 3.63) is 117 Å². The van der Waals surface area contributed by atoms with Crippen molar-refractivity contribution < 1.29 is 72.3 Å². The smallest absolute Gasteiger partial charge is 0.526 e. The molecule has 0 spiro atoms. The molecule has 5 aromatic rings. The van der Waals surface area contributed by atoms with Crippen molar-refractivity contribution in [1.82, 2.24) is 9.97 Å². The summed E-state index contributed by atoms with van der Waals surface area (Å²) in [7, 11) is -0.599. The van der Waals surface area contributed by atoms with Crippen molar-refractivity contribution in [2.45, 2.75) is 149 Å². The number of Topliss-reactive ketones (excluding diaryl/α,β-unsaturated/α-hetero) is 2. The first kappa shape index (κ1) is 63.4. The molecule has 442 valence electrons. The molecule has 1 amide bonds. The van der Waals surface area contributed by atoms with Gasteiger partial charge in [-0.25, -0.2) is 24.4 Å². The second-order valence-corrected chi connectivity index (χ2v) is 25.3. The molecule has 10 rings (SSSR count). The molecule has 1 unspecified atom stereocenters. The Kier molecular flexibility index (Phi) is 19.7. The number of fused-ring (bicyclic) bond motifs is 1. The molecule has 1 saturated heterocycles. The summed E-state index contributed by atoms with van der Waals surface area (Å²) in [5, 5.41) is 42.1. The number of nitrogen functional groups attached to an aromatic ring is 1. The predicted octanol–water partition coefficient (Wildman–Crippen LogP) is 10.4. The second kappa shape index (κ2) is 25.8. The Morgan fingerprint density at radius 2 is 1.55 bits per heavy atom. The maximum atomic E-state index is 14.6. The van der Waals surface area contributed by atoms with Crippen molar-refractivity contribution in [2.75, 3.05) is 18.2 Å². The van der Waals surface area contributed by atoms with Gasteiger partial charge in [-0.15, -0.1) is 22.7 Å². The number of carboxylic acid groups (broad SMARTS) is 1. The summed E-state index contributed by atoms with van der Waals surface area (Å²) < 4.78 is 36.0. The first-order valence-electron chi connectivity index (χ1n) is 26.8. The molecule has 6 atom stereocenters. The molecule has 21 nitrogen and oxygen atoms in total. The Bertz CT molecular complexity index is 3250. The molecule has 4 fully saturated rings. The number of amides is 1. The highest BCUT2D eigenvalue weighted by Gasteiger charge is 2.68. The van der Waals surface area contributed by atoms with Crippen molar-refractivity contribution in [3.8, 4) is 11.5 Å². The molecule has 6 N–H and O–H groups in total. The third kappa shape index (κ3) is 14.8. The fourth-order valence-corrected chi connectivity index (χ4v) is 12.3. The van der Waals surface area contributed by atoms with Gasteiger partial charge in [0.15, 0.2) is 33.3 Å². The van der Waals surface area contributed by atoms with Crippen LogP contribution in [0, 0.1) is 17.3 Å². The van der Waals surface area contributed by atoms with Crippen LogP contribution in [0.3, 0.4) is 0 Å². The maximum Gasteiger partial charge on any atom is 0.526 e. The van der Waals surface area contributed by atoms with E-state index in [1.807, 2.05) is 57.2 Å². The lowest BCUT2D eigenvalue weighted by atomic mass is 9.43. The minimum atomic E-state index is -1.37. The number of nitrogens with one attached hydrogen (secondary N) is 1. The molecule has 3 saturated carbocycles. The van der Waals surface area contributed by atoms with E-state index in [9.17, 15) is 34.1 Å². The molecule has 2 aromatic heterocycles. The third-order valence-electron chi connectivity index (χ3n) is 15.1. The number of nitrogens with zero attached hydrogens (tertiary/aromatic N) is 4. The van der Waals surface area contributed by atoms with Gasteiger partial charge in [0, 0.05) is 35.2 Å². The third-order valence-corrected chi connectivity index (χ3v) is 16.5. The van der Waals surface area contributed by atoms with Crippen molar-refractivity contribution in [1.29, 1.82) is 0 Å². The molecule has 3 aromatic carbocycles. The number of aromatic nitrogens is 2. The minimum Gasteiger partial charge on any atom is -0.535 e. The first-order valence-corrected chi connectivity index (χ1v) is 28.6. The summed E-state index contributed by atoms with van der Waals surface area (Å²) in [5.74, 6) is -2.45. The highest BCUT2D eigenvalue weighted by atomic mass is 32.1. The summed E-state index contributed by atoms with van der Waals surface area (Å²) in [6.45, 7) is 17.6. The lowest BCUT2D eigenvalue weighted by molar-refractivity contribution is -0.199. The molecular weight excluding hydrogens is 1110 g/mol. The van der Waals surface area contributed by atoms with Crippen LogP contribution < -0.4 is 20.4 Å². The van der Waals surface area contributed by atoms with Gasteiger partial charge in [0.25, 0.3) is 0 Å². The number of esters is 1. The van der Waals surface area contributed by atoms with Crippen LogP contribution in [0.25, 0.3) is 0 Å². The van der Waals surface area contributed by atoms with Gasteiger partial charge < -0.3 is 54.1 Å². The van der Waals surface area contributed by atoms with Crippen molar-refractivity contribution in [2.24, 2.45) is 27.6 Å². The van der Waals surface area contributed by atoms with Crippen LogP contribution in [0.4, 0.5) is 15.1 Å². The number of para-hydroxylation sites is 2. The average Bonchev–Trinajstić information content (AvgIpc) is 2.50. The zero-order valence-electron chi connectivity index (χ0n) is 47.4. The monoisotopic (exact) mass is 1180 g/mol. The Morgan fingerprint density at radius 1 is 0.880 bits per heavy atom. The molecule has 0 radical (unpaired) electrons. The molecule has 2 bridgehead atoms. The van der Waals surface area contributed by atoms with Gasteiger partial charge in [0.1, 0.15) is 46.3 Å². The minimum absolute atomic E-state index is 0. The van der Waals surface area contributed by atoms with E-state index in [0.717, 1.165) is 41.1 Å². The Labute approximate surface area is 491 Å². The summed E-state index contributed by atoms with van der Waals surface area (Å²) in [4.78, 5) is 78.5. The number of carbonyl (C=O) groups is 5. The Morgan fingerprint density at radius 3 is 2.19 bits per heavy atom. The van der Waals surface area contributed by atoms with Crippen LogP contribution in [0.5, 0.6) is 11.5 Å². The Hall–Kier alpha value is -7.18. The van der Waals surface area contributed by atoms with Gasteiger partial charge in [-0.1, -0.05) is 86.2 Å². The molecule has 5 aliphatic rings. The van der Waals surface area contributed by atoms with Crippen LogP contribution in [0.2, 0.25) is 11.6 Å². The SMILES string of the molecule is C.COc1c(C[C@H](CC(=O)/C(=N\OCc2ccccc2)c2csc(NC(=O)OC(C)(C)C)n2)B2OC3C[C@@H]4C[C@@H](C4(C)C)[C@]3(C)O2)cccc1C(=O)OC(C)(C)C.Nc1nc(/C(=N/O)C(=O)C[C@H]2Cc3cccc(C(=O)O)c3OB2O)cs1. The molecule has 2 aliphatic heterocycles. The lowest BCUT2D eigenvalue weighted by Gasteiger charge is -2.64. The summed E-state index contributed by atoms with van der Waals surface area (Å²) >= 11 is 2.24. The highest BCUT2D eigenvalue weighted by molar-refractivity contribution is 7.14. The fourth-order valence-electron chi connectivity index (χ4n) is 11.1. The number of rotatable bonds is 18. The predicted molar refractivity (Wildman–Crippen MR) is 316 cm³/mol. The standard InChI is InChI=1S/C42H54BN3O9S.C15H14BN3O6S.CH4/c1-39(2,3)52-36(48)29-18-14-17-26(35(29)50-10)19-28(43-54-33-21-27-20-32(41(27,7)8)42(33,9)55-43)22-31(47)34(46-51-23-25-15-12-11-13-16-25)30-24-56-37(44-30)45-38(49)53-40(4,5)6;17-15-18-10(6-26-15)12(19-24)11(20)5-8-4-7-2-1-3-9(14(21)22)13(7)25-16(8)23;/h11-18,24,27-28,32-33H,19-23H2,1-10H3,(H,44,45,49);1-3,6,8,23-24H,4-5H2,(H2,17,18)(H,21,22);1H4/b46-34-;19-12-;/t27-,28+,32-,33?,42-;8-;/m01./s1. The van der Waals surface area contributed by atoms with E-state index in [4.69, 9.17) is 44.0 Å². The zero-order valence-corrected chi connectivity index (χ0v) is 49.1. The molecule has 25 heteroatoms. The van der Waals surface area contributed by atoms with Crippen LogP contribution in [0.1, 0.15) is 144 Å². The summed E-state index contributed by atoms with van der Waals surface area (Å²) in [6, 6.07) is 19.4. The number of ether oxygens (including phenoxy) is 3. The van der Waals surface area contributed by atoms with E-state index in [1.54, 1.807) is 50.4 Å². The topological polar surface area (TPSA) is 299 Å². The number of nitrogens with two attached hydrogens (primary N) is 1. The van der Waals surface area contributed by atoms with Crippen LogP contribution in [0.15, 0.2) is 87.8 Å². The number of carboxylic acids is 1.